The van der Waals surface area contributed by atoms with Crippen LogP contribution in [-0.4, -0.2) is 40.8 Å². The number of carbonyl (C=O) groups is 2. The van der Waals surface area contributed by atoms with Crippen molar-refractivity contribution in [1.29, 1.82) is 0 Å². The van der Waals surface area contributed by atoms with E-state index in [9.17, 15) is 13.2 Å². The highest BCUT2D eigenvalue weighted by molar-refractivity contribution is 5.74. The van der Waals surface area contributed by atoms with Crippen LogP contribution in [0.2, 0.25) is 0 Å². The summed E-state index contributed by atoms with van der Waals surface area (Å²) < 4.78 is 40.2. The molecule has 4 aromatic rings. The molecule has 0 amide bonds. The van der Waals surface area contributed by atoms with E-state index in [0.29, 0.717) is 17.8 Å². The third-order valence-electron chi connectivity index (χ3n) is 4.77. The maximum absolute atomic E-state index is 14.1. The van der Waals surface area contributed by atoms with Gasteiger partial charge in [-0.1, -0.05) is 0 Å². The number of H-pyrrole nitrogens is 1. The monoisotopic (exact) mass is 473 g/mol. The second kappa shape index (κ2) is 14.1. The fourth-order valence-electron chi connectivity index (χ4n) is 2.92. The van der Waals surface area contributed by atoms with E-state index in [1.807, 2.05) is 33.5 Å². The number of aromatic nitrogens is 4. The van der Waals surface area contributed by atoms with Crippen molar-refractivity contribution in [2.24, 2.45) is 0 Å². The predicted molar refractivity (Wildman–Crippen MR) is 125 cm³/mol. The molecule has 0 spiro atoms. The van der Waals surface area contributed by atoms with E-state index in [-0.39, 0.29) is 17.8 Å². The van der Waals surface area contributed by atoms with Crippen molar-refractivity contribution in [2.45, 2.75) is 26.7 Å². The molecular formula is C24H26F3N5O2. The summed E-state index contributed by atoms with van der Waals surface area (Å²) in [5, 5.41) is 10.3. The van der Waals surface area contributed by atoms with Crippen LogP contribution in [0.1, 0.15) is 22.4 Å². The van der Waals surface area contributed by atoms with Crippen LogP contribution in [-0.2, 0) is 22.4 Å². The summed E-state index contributed by atoms with van der Waals surface area (Å²) in [4.78, 5) is 24.0. The van der Waals surface area contributed by atoms with Crippen molar-refractivity contribution < 1.29 is 22.8 Å². The molecule has 0 radical (unpaired) electrons. The first kappa shape index (κ1) is 28.0. The summed E-state index contributed by atoms with van der Waals surface area (Å²) in [6, 6.07) is 6.07. The van der Waals surface area contributed by atoms with Crippen LogP contribution >= 0.6 is 0 Å². The normalized spacial score (nSPS) is 9.59. The Labute approximate surface area is 195 Å². The Morgan fingerprint density at radius 3 is 2.26 bits per heavy atom. The van der Waals surface area contributed by atoms with Crippen molar-refractivity contribution in [3.05, 3.63) is 82.7 Å². The van der Waals surface area contributed by atoms with Gasteiger partial charge in [0.1, 0.15) is 25.2 Å². The van der Waals surface area contributed by atoms with Gasteiger partial charge in [-0.3, -0.25) is 10.1 Å². The number of fused-ring (bicyclic) bond motifs is 1. The molecule has 0 unspecified atom stereocenters. The quantitative estimate of drug-likeness (QED) is 0.452. The van der Waals surface area contributed by atoms with Crippen molar-refractivity contribution in [3.8, 4) is 0 Å². The SMILES string of the molecule is C=O.C=O.CNc1ccc(F)c(CCc2cnc3[nH]ncc3c2)c1F.Cc1cc(F)cnc1C. The topological polar surface area (TPSA) is 101 Å². The molecule has 0 saturated carbocycles. The van der Waals surface area contributed by atoms with Crippen molar-refractivity contribution in [1.82, 2.24) is 20.2 Å². The van der Waals surface area contributed by atoms with Crippen LogP contribution in [0.4, 0.5) is 18.9 Å². The number of hydrogen-bond acceptors (Lipinski definition) is 6. The lowest BCUT2D eigenvalue weighted by molar-refractivity contribution is -0.0987. The molecule has 3 aromatic heterocycles. The molecule has 34 heavy (non-hydrogen) atoms. The Bertz CT molecular complexity index is 1200. The predicted octanol–water partition coefficient (Wildman–Crippen LogP) is 4.53. The maximum atomic E-state index is 14.1. The minimum atomic E-state index is -0.533. The van der Waals surface area contributed by atoms with Crippen LogP contribution in [0.3, 0.4) is 0 Å². The molecular weight excluding hydrogens is 447 g/mol. The largest absolute Gasteiger partial charge is 0.386 e. The number of pyridine rings is 2. The van der Waals surface area contributed by atoms with Crippen LogP contribution in [0, 0.1) is 31.3 Å². The second-order valence-electron chi connectivity index (χ2n) is 6.84. The van der Waals surface area contributed by atoms with Gasteiger partial charge < -0.3 is 14.9 Å². The van der Waals surface area contributed by atoms with Gasteiger partial charge in [0, 0.05) is 29.9 Å². The van der Waals surface area contributed by atoms with E-state index < -0.39 is 11.6 Å². The number of benzene rings is 1. The number of halogens is 3. The van der Waals surface area contributed by atoms with E-state index in [1.54, 1.807) is 19.4 Å². The van der Waals surface area contributed by atoms with Crippen LogP contribution in [0.25, 0.3) is 11.0 Å². The zero-order chi connectivity index (χ0) is 25.7. The van der Waals surface area contributed by atoms with Crippen LogP contribution in [0.15, 0.2) is 42.9 Å². The Hall–Kier alpha value is -4.08. The Morgan fingerprint density at radius 1 is 0.941 bits per heavy atom. The molecule has 0 saturated heterocycles. The van der Waals surface area contributed by atoms with Gasteiger partial charge in [0.2, 0.25) is 0 Å². The summed E-state index contributed by atoms with van der Waals surface area (Å²) >= 11 is 0. The average Bonchev–Trinajstić information content (AvgIpc) is 3.33. The first-order valence-electron chi connectivity index (χ1n) is 9.98. The summed E-state index contributed by atoms with van der Waals surface area (Å²) in [6.07, 6.45) is 5.38. The molecule has 0 bridgehead atoms. The molecule has 180 valence electrons. The smallest absolute Gasteiger partial charge is 0.155 e. The highest BCUT2D eigenvalue weighted by Gasteiger charge is 2.13. The van der Waals surface area contributed by atoms with Gasteiger partial charge in [-0.2, -0.15) is 5.10 Å². The Kier molecular flexibility index (Phi) is 11.6. The summed E-state index contributed by atoms with van der Waals surface area (Å²) in [5.74, 6) is -1.32. The second-order valence-corrected chi connectivity index (χ2v) is 6.84. The van der Waals surface area contributed by atoms with E-state index in [0.717, 1.165) is 22.2 Å². The van der Waals surface area contributed by atoms with Gasteiger partial charge in [0.05, 0.1) is 18.1 Å². The lowest BCUT2D eigenvalue weighted by Crippen LogP contribution is -2.03. The zero-order valence-corrected chi connectivity index (χ0v) is 19.2. The minimum Gasteiger partial charge on any atom is -0.386 e. The third kappa shape index (κ3) is 7.51. The standard InChI is InChI=1S/C15H14F2N4.C7H8FN.2CH2O/c1-18-13-5-4-12(16)11(14(13)17)3-2-9-6-10-8-20-21-15(10)19-7-9;1-5-3-7(8)4-9-6(5)2;2*1-2/h4-8,18H,2-3H2,1H3,(H,19,20,21);3-4H,1-2H3;2*1H2. The Morgan fingerprint density at radius 2 is 1.65 bits per heavy atom. The van der Waals surface area contributed by atoms with Gasteiger partial charge in [0.15, 0.2) is 11.5 Å². The number of aryl methyl sites for hydroxylation is 3. The molecule has 0 atom stereocenters. The fourth-order valence-corrected chi connectivity index (χ4v) is 2.92. The first-order valence-corrected chi connectivity index (χ1v) is 9.98. The highest BCUT2D eigenvalue weighted by Crippen LogP contribution is 2.22. The van der Waals surface area contributed by atoms with Crippen molar-refractivity contribution in [3.63, 3.8) is 0 Å². The molecule has 0 aliphatic heterocycles. The molecule has 7 nitrogen and oxygen atoms in total. The maximum Gasteiger partial charge on any atom is 0.155 e. The minimum absolute atomic E-state index is 0.0918. The number of nitrogens with zero attached hydrogens (tertiary/aromatic N) is 3. The first-order chi connectivity index (χ1) is 16.4. The van der Waals surface area contributed by atoms with Crippen LogP contribution in [0.5, 0.6) is 0 Å². The molecule has 0 aliphatic rings. The molecule has 10 heteroatoms. The summed E-state index contributed by atoms with van der Waals surface area (Å²) in [6.45, 7) is 7.69. The van der Waals surface area contributed by atoms with Gasteiger partial charge >= 0.3 is 0 Å². The molecule has 1 aromatic carbocycles. The Balaban J connectivity index is 0.000000373. The molecule has 4 rings (SSSR count). The summed E-state index contributed by atoms with van der Waals surface area (Å²) in [5.41, 5.74) is 3.79. The molecule has 3 heterocycles. The lowest BCUT2D eigenvalue weighted by atomic mass is 10.0. The van der Waals surface area contributed by atoms with E-state index in [1.165, 1.54) is 24.4 Å². The van der Waals surface area contributed by atoms with Gasteiger partial charge in [-0.05, 0) is 62.1 Å². The number of carbonyl (C=O) groups excluding carboxylic acids is 2. The van der Waals surface area contributed by atoms with Gasteiger partial charge in [-0.25, -0.2) is 18.2 Å². The fraction of sp³-hybridized carbons (Fsp3) is 0.208. The number of anilines is 1. The number of nitrogens with one attached hydrogen (secondary N) is 2. The number of aromatic amines is 1. The molecule has 0 aliphatic carbocycles. The average molecular weight is 473 g/mol. The van der Waals surface area contributed by atoms with Crippen LogP contribution < -0.4 is 5.32 Å². The number of hydrogen-bond donors (Lipinski definition) is 2. The van der Waals surface area contributed by atoms with E-state index in [4.69, 9.17) is 9.59 Å². The summed E-state index contributed by atoms with van der Waals surface area (Å²) in [7, 11) is 1.61. The highest BCUT2D eigenvalue weighted by atomic mass is 19.1. The van der Waals surface area contributed by atoms with E-state index >= 15 is 0 Å². The lowest BCUT2D eigenvalue weighted by Gasteiger charge is -2.09. The van der Waals surface area contributed by atoms with Crippen molar-refractivity contribution in [2.75, 3.05) is 12.4 Å². The van der Waals surface area contributed by atoms with Gasteiger partial charge in [-0.15, -0.1) is 0 Å². The van der Waals surface area contributed by atoms with Gasteiger partial charge in [0.25, 0.3) is 0 Å². The number of rotatable bonds is 4. The molecule has 0 fully saturated rings. The van der Waals surface area contributed by atoms with Crippen molar-refractivity contribution >= 4 is 30.3 Å². The zero-order valence-electron chi connectivity index (χ0n) is 19.2. The van der Waals surface area contributed by atoms with E-state index in [2.05, 4.69) is 25.5 Å². The molecule has 2 N–H and O–H groups in total. The third-order valence-corrected chi connectivity index (χ3v) is 4.77.